The Hall–Kier alpha value is -1.16. The molecule has 1 aliphatic rings. The molecule has 16 heavy (non-hydrogen) atoms. The van der Waals surface area contributed by atoms with Crippen LogP contribution in [0.2, 0.25) is 0 Å². The second-order valence-electron chi connectivity index (χ2n) is 4.18. The lowest BCUT2D eigenvalue weighted by molar-refractivity contribution is 0.223. The largest absolute Gasteiger partial charge is 0.480 e. The Labute approximate surface area is 96.4 Å². The molecule has 1 heterocycles. The van der Waals surface area contributed by atoms with E-state index in [1.807, 2.05) is 0 Å². The fourth-order valence-corrected chi connectivity index (χ4v) is 2.19. The number of ether oxygens (including phenoxy) is 1. The van der Waals surface area contributed by atoms with Gasteiger partial charge in [0, 0.05) is 12.4 Å². The van der Waals surface area contributed by atoms with E-state index >= 15 is 0 Å². The van der Waals surface area contributed by atoms with E-state index in [-0.39, 0.29) is 0 Å². The van der Waals surface area contributed by atoms with E-state index in [0.29, 0.717) is 17.8 Å². The molecule has 2 rings (SSSR count). The average molecular weight is 221 g/mol. The van der Waals surface area contributed by atoms with E-state index in [2.05, 4.69) is 22.2 Å². The maximum absolute atomic E-state index is 5.28. The first-order chi connectivity index (χ1) is 7.86. The lowest BCUT2D eigenvalue weighted by Gasteiger charge is -2.34. The van der Waals surface area contributed by atoms with Crippen molar-refractivity contribution in [1.82, 2.24) is 15.3 Å². The summed E-state index contributed by atoms with van der Waals surface area (Å²) in [7, 11) is 1.65. The summed E-state index contributed by atoms with van der Waals surface area (Å²) in [4.78, 5) is 8.64. The molecule has 1 N–H and O–H groups in total. The number of methoxy groups -OCH3 is 1. The number of hydrogen-bond acceptors (Lipinski definition) is 4. The number of aromatic nitrogens is 2. The predicted molar refractivity (Wildman–Crippen MR) is 62.3 cm³/mol. The van der Waals surface area contributed by atoms with Crippen molar-refractivity contribution in [3.63, 3.8) is 0 Å². The van der Waals surface area contributed by atoms with Gasteiger partial charge >= 0.3 is 0 Å². The Morgan fingerprint density at radius 3 is 2.75 bits per heavy atom. The summed E-state index contributed by atoms with van der Waals surface area (Å²) in [6, 6.07) is 0.294. The van der Waals surface area contributed by atoms with E-state index in [4.69, 9.17) is 4.74 Å². The predicted octanol–water partition coefficient (Wildman–Crippen LogP) is 1.94. The first-order valence-electron chi connectivity index (χ1n) is 5.95. The van der Waals surface area contributed by atoms with E-state index < -0.39 is 0 Å². The first-order valence-corrected chi connectivity index (χ1v) is 5.95. The summed E-state index contributed by atoms with van der Waals surface area (Å²) in [6.45, 7) is 3.06. The van der Waals surface area contributed by atoms with E-state index in [9.17, 15) is 0 Å². The van der Waals surface area contributed by atoms with Gasteiger partial charge in [0.25, 0.3) is 0 Å². The van der Waals surface area contributed by atoms with Crippen LogP contribution in [0.1, 0.15) is 37.9 Å². The highest BCUT2D eigenvalue weighted by atomic mass is 16.5. The normalized spacial score (nSPS) is 17.9. The molecule has 1 aromatic heterocycles. The van der Waals surface area contributed by atoms with Gasteiger partial charge in [0.2, 0.25) is 5.88 Å². The van der Waals surface area contributed by atoms with Crippen molar-refractivity contribution in [2.75, 3.05) is 13.7 Å². The molecule has 1 unspecified atom stereocenters. The Morgan fingerprint density at radius 2 is 2.19 bits per heavy atom. The molecule has 0 radical (unpaired) electrons. The number of nitrogens with one attached hydrogen (secondary N) is 1. The maximum atomic E-state index is 5.28. The van der Waals surface area contributed by atoms with Crippen molar-refractivity contribution in [1.29, 1.82) is 0 Å². The molecule has 1 aliphatic carbocycles. The second kappa shape index (κ2) is 5.25. The van der Waals surface area contributed by atoms with Crippen LogP contribution in [-0.2, 0) is 0 Å². The van der Waals surface area contributed by atoms with Crippen molar-refractivity contribution >= 4 is 0 Å². The van der Waals surface area contributed by atoms with Crippen molar-refractivity contribution in [2.45, 2.75) is 32.2 Å². The number of nitrogens with zero attached hydrogens (tertiary/aromatic N) is 2. The third-order valence-electron chi connectivity index (χ3n) is 3.22. The molecular formula is C12H19N3O. The fraction of sp³-hybridized carbons (Fsp3) is 0.667. The minimum absolute atomic E-state index is 0.294. The van der Waals surface area contributed by atoms with Crippen LogP contribution in [0, 0.1) is 5.92 Å². The molecule has 1 aromatic rings. The van der Waals surface area contributed by atoms with Crippen molar-refractivity contribution in [3.05, 3.63) is 18.1 Å². The van der Waals surface area contributed by atoms with Crippen molar-refractivity contribution in [2.24, 2.45) is 5.92 Å². The highest BCUT2D eigenvalue weighted by Gasteiger charge is 2.31. The lowest BCUT2D eigenvalue weighted by Crippen LogP contribution is -2.33. The topological polar surface area (TPSA) is 47.0 Å². The fourth-order valence-electron chi connectivity index (χ4n) is 2.19. The summed E-state index contributed by atoms with van der Waals surface area (Å²) in [5.74, 6) is 1.34. The molecule has 0 saturated heterocycles. The highest BCUT2D eigenvalue weighted by molar-refractivity contribution is 5.22. The zero-order chi connectivity index (χ0) is 11.4. The zero-order valence-electron chi connectivity index (χ0n) is 9.94. The van der Waals surface area contributed by atoms with Crippen LogP contribution in [0.4, 0.5) is 0 Å². The van der Waals surface area contributed by atoms with Gasteiger partial charge in [-0.2, -0.15) is 0 Å². The summed E-state index contributed by atoms with van der Waals surface area (Å²) >= 11 is 0. The van der Waals surface area contributed by atoms with Crippen LogP contribution in [0.15, 0.2) is 12.4 Å². The van der Waals surface area contributed by atoms with Gasteiger partial charge < -0.3 is 10.1 Å². The Morgan fingerprint density at radius 1 is 1.44 bits per heavy atom. The molecule has 4 nitrogen and oxygen atoms in total. The summed E-state index contributed by atoms with van der Waals surface area (Å²) in [5, 5.41) is 3.49. The van der Waals surface area contributed by atoms with Crippen molar-refractivity contribution in [3.8, 4) is 5.88 Å². The summed E-state index contributed by atoms with van der Waals surface area (Å²) < 4.78 is 5.28. The minimum Gasteiger partial charge on any atom is -0.480 e. The summed E-state index contributed by atoms with van der Waals surface area (Å²) in [5.41, 5.74) is 0.955. The van der Waals surface area contributed by atoms with E-state index in [1.54, 1.807) is 19.5 Å². The monoisotopic (exact) mass is 221 g/mol. The smallest absolute Gasteiger partial charge is 0.237 e. The van der Waals surface area contributed by atoms with Crippen LogP contribution < -0.4 is 10.1 Å². The Bertz CT molecular complexity index is 339. The highest BCUT2D eigenvalue weighted by Crippen LogP contribution is 2.38. The minimum atomic E-state index is 0.294. The molecule has 0 amide bonds. The molecule has 1 atom stereocenters. The molecule has 0 bridgehead atoms. The maximum Gasteiger partial charge on any atom is 0.237 e. The third kappa shape index (κ3) is 2.16. The van der Waals surface area contributed by atoms with Gasteiger partial charge in [-0.15, -0.1) is 0 Å². The molecule has 88 valence electrons. The van der Waals surface area contributed by atoms with Gasteiger partial charge in [0.15, 0.2) is 0 Å². The van der Waals surface area contributed by atoms with Gasteiger partial charge in [-0.3, -0.25) is 4.98 Å². The quantitative estimate of drug-likeness (QED) is 0.825. The van der Waals surface area contributed by atoms with Crippen LogP contribution in [0.25, 0.3) is 0 Å². The van der Waals surface area contributed by atoms with Gasteiger partial charge in [-0.1, -0.05) is 13.3 Å². The average Bonchev–Trinajstić information content (AvgIpc) is 2.26. The molecule has 1 saturated carbocycles. The number of rotatable bonds is 5. The lowest BCUT2D eigenvalue weighted by atomic mass is 9.78. The van der Waals surface area contributed by atoms with Gasteiger partial charge in [0.1, 0.15) is 5.69 Å². The molecule has 0 aliphatic heterocycles. The Balaban J connectivity index is 2.22. The molecular weight excluding hydrogens is 202 g/mol. The molecule has 0 aromatic carbocycles. The molecule has 0 spiro atoms. The van der Waals surface area contributed by atoms with E-state index in [1.165, 1.54) is 19.3 Å². The van der Waals surface area contributed by atoms with Gasteiger partial charge in [0.05, 0.1) is 13.2 Å². The second-order valence-corrected chi connectivity index (χ2v) is 4.18. The Kier molecular flexibility index (Phi) is 3.72. The van der Waals surface area contributed by atoms with Crippen LogP contribution in [0.5, 0.6) is 5.88 Å². The van der Waals surface area contributed by atoms with Gasteiger partial charge in [-0.05, 0) is 25.3 Å². The SMILES string of the molecule is CCNC(c1nccnc1OC)C1CCC1. The standard InChI is InChI=1S/C12H19N3O/c1-3-13-10(9-5-4-6-9)11-12(16-2)15-8-7-14-11/h7-10,13H,3-6H2,1-2H3. The molecule has 4 heteroatoms. The van der Waals surface area contributed by atoms with Crippen molar-refractivity contribution < 1.29 is 4.74 Å². The van der Waals surface area contributed by atoms with E-state index in [0.717, 1.165) is 12.2 Å². The number of hydrogen-bond donors (Lipinski definition) is 1. The van der Waals surface area contributed by atoms with Gasteiger partial charge in [-0.25, -0.2) is 4.98 Å². The summed E-state index contributed by atoms with van der Waals surface area (Å²) in [6.07, 6.45) is 7.29. The van der Waals surface area contributed by atoms with Crippen LogP contribution in [-0.4, -0.2) is 23.6 Å². The van der Waals surface area contributed by atoms with Crippen LogP contribution in [0.3, 0.4) is 0 Å². The third-order valence-corrected chi connectivity index (χ3v) is 3.22. The van der Waals surface area contributed by atoms with Crippen LogP contribution >= 0.6 is 0 Å². The molecule has 1 fully saturated rings. The zero-order valence-corrected chi connectivity index (χ0v) is 9.94. The first kappa shape index (κ1) is 11.3.